The highest BCUT2D eigenvalue weighted by atomic mass is 32.1. The minimum Gasteiger partial charge on any atom is -0.383 e. The van der Waals surface area contributed by atoms with Gasteiger partial charge in [-0.05, 0) is 55.5 Å². The molecular formula is C16H14FN3S. The molecule has 1 aromatic carbocycles. The van der Waals surface area contributed by atoms with E-state index < -0.39 is 0 Å². The number of hydrogen-bond donors (Lipinski definition) is 1. The lowest BCUT2D eigenvalue weighted by Gasteiger charge is -2.06. The van der Waals surface area contributed by atoms with E-state index in [9.17, 15) is 4.39 Å². The second-order valence-electron chi connectivity index (χ2n) is 5.43. The van der Waals surface area contributed by atoms with E-state index in [1.165, 1.54) is 29.0 Å². The highest BCUT2D eigenvalue weighted by Gasteiger charge is 2.21. The second kappa shape index (κ2) is 4.49. The third-order valence-corrected chi connectivity index (χ3v) is 5.21. The van der Waals surface area contributed by atoms with E-state index in [0.717, 1.165) is 34.2 Å². The fourth-order valence-electron chi connectivity index (χ4n) is 3.02. The van der Waals surface area contributed by atoms with Crippen LogP contribution in [0.25, 0.3) is 21.6 Å². The number of fused-ring (bicyclic) bond motifs is 3. The van der Waals surface area contributed by atoms with Gasteiger partial charge in [0.15, 0.2) is 5.82 Å². The van der Waals surface area contributed by atoms with Gasteiger partial charge in [-0.3, -0.25) is 0 Å². The van der Waals surface area contributed by atoms with Gasteiger partial charge in [0, 0.05) is 10.4 Å². The van der Waals surface area contributed by atoms with Crippen LogP contribution < -0.4 is 5.73 Å². The first-order valence-electron chi connectivity index (χ1n) is 6.98. The van der Waals surface area contributed by atoms with Crippen LogP contribution in [0.4, 0.5) is 10.2 Å². The van der Waals surface area contributed by atoms with Crippen molar-refractivity contribution in [3.05, 3.63) is 40.0 Å². The predicted molar refractivity (Wildman–Crippen MR) is 84.0 cm³/mol. The van der Waals surface area contributed by atoms with Crippen molar-refractivity contribution in [3.63, 3.8) is 0 Å². The molecule has 0 fully saturated rings. The number of nitrogen functional groups attached to an aromatic ring is 1. The van der Waals surface area contributed by atoms with Crippen LogP contribution in [0.5, 0.6) is 0 Å². The molecule has 0 saturated carbocycles. The number of anilines is 1. The fraction of sp³-hybridized carbons (Fsp3) is 0.250. The largest absolute Gasteiger partial charge is 0.383 e. The number of aryl methyl sites for hydroxylation is 3. The zero-order valence-corrected chi connectivity index (χ0v) is 12.4. The van der Waals surface area contributed by atoms with Gasteiger partial charge in [-0.15, -0.1) is 11.3 Å². The van der Waals surface area contributed by atoms with E-state index in [1.54, 1.807) is 17.4 Å². The molecule has 0 spiro atoms. The predicted octanol–water partition coefficient (Wildman–Crippen LogP) is 3.88. The molecule has 3 aromatic rings. The molecule has 2 aromatic heterocycles. The Hall–Kier alpha value is -2.01. The maximum Gasteiger partial charge on any atom is 0.163 e. The third-order valence-electron chi connectivity index (χ3n) is 4.02. The zero-order chi connectivity index (χ0) is 14.6. The summed E-state index contributed by atoms with van der Waals surface area (Å²) in [6.07, 6.45) is 3.37. The summed E-state index contributed by atoms with van der Waals surface area (Å²) in [6.45, 7) is 1.86. The molecule has 0 radical (unpaired) electrons. The minimum atomic E-state index is -0.250. The van der Waals surface area contributed by atoms with E-state index in [0.29, 0.717) is 11.6 Å². The van der Waals surface area contributed by atoms with Crippen LogP contribution in [0.3, 0.4) is 0 Å². The molecule has 1 aliphatic rings. The van der Waals surface area contributed by atoms with Crippen molar-refractivity contribution in [3.8, 4) is 11.4 Å². The summed E-state index contributed by atoms with van der Waals surface area (Å²) in [5, 5.41) is 1.02. The molecule has 3 nitrogen and oxygen atoms in total. The standard InChI is InChI=1S/C16H14FN3S/c1-8-7-9(17)5-6-10(8)15-19-14(18)13-11-3-2-4-12(11)21-16(13)20-15/h5-7H,2-4H2,1H3,(H2,18,19,20). The molecule has 0 amide bonds. The average molecular weight is 299 g/mol. The third kappa shape index (κ3) is 1.92. The molecule has 0 saturated heterocycles. The normalized spacial score (nSPS) is 13.8. The summed E-state index contributed by atoms with van der Waals surface area (Å²) < 4.78 is 13.2. The smallest absolute Gasteiger partial charge is 0.163 e. The van der Waals surface area contributed by atoms with Gasteiger partial charge in [0.05, 0.1) is 5.39 Å². The monoisotopic (exact) mass is 299 g/mol. The first-order chi connectivity index (χ1) is 10.1. The molecule has 1 aliphatic carbocycles. The number of aromatic nitrogens is 2. The van der Waals surface area contributed by atoms with E-state index in [2.05, 4.69) is 9.97 Å². The number of halogens is 1. The summed E-state index contributed by atoms with van der Waals surface area (Å²) in [5.41, 5.74) is 9.15. The van der Waals surface area contributed by atoms with Crippen LogP contribution in [-0.4, -0.2) is 9.97 Å². The fourth-order valence-corrected chi connectivity index (χ4v) is 4.29. The summed E-state index contributed by atoms with van der Waals surface area (Å²) in [4.78, 5) is 11.5. The zero-order valence-electron chi connectivity index (χ0n) is 11.6. The van der Waals surface area contributed by atoms with Crippen molar-refractivity contribution in [1.29, 1.82) is 0 Å². The Kier molecular flexibility index (Phi) is 2.72. The van der Waals surface area contributed by atoms with Crippen molar-refractivity contribution < 1.29 is 4.39 Å². The molecule has 5 heteroatoms. The van der Waals surface area contributed by atoms with E-state index in [1.807, 2.05) is 6.92 Å². The van der Waals surface area contributed by atoms with E-state index >= 15 is 0 Å². The number of benzene rings is 1. The molecule has 0 aliphatic heterocycles. The summed E-state index contributed by atoms with van der Waals surface area (Å²) in [6, 6.07) is 4.64. The lowest BCUT2D eigenvalue weighted by Crippen LogP contribution is -1.98. The van der Waals surface area contributed by atoms with Crippen molar-refractivity contribution in [2.75, 3.05) is 5.73 Å². The van der Waals surface area contributed by atoms with Gasteiger partial charge in [-0.25, -0.2) is 14.4 Å². The SMILES string of the molecule is Cc1cc(F)ccc1-c1nc(N)c2c3c(sc2n1)CCC3. The number of hydrogen-bond acceptors (Lipinski definition) is 4. The Labute approximate surface area is 125 Å². The molecule has 21 heavy (non-hydrogen) atoms. The summed E-state index contributed by atoms with van der Waals surface area (Å²) in [5.74, 6) is 0.871. The maximum absolute atomic E-state index is 13.2. The van der Waals surface area contributed by atoms with Gasteiger partial charge < -0.3 is 5.73 Å². The Bertz CT molecular complexity index is 870. The Morgan fingerprint density at radius 1 is 1.24 bits per heavy atom. The lowest BCUT2D eigenvalue weighted by atomic mass is 10.1. The van der Waals surface area contributed by atoms with E-state index in [4.69, 9.17) is 5.73 Å². The maximum atomic E-state index is 13.2. The highest BCUT2D eigenvalue weighted by Crippen LogP contribution is 2.39. The summed E-state index contributed by atoms with van der Waals surface area (Å²) in [7, 11) is 0. The molecule has 2 heterocycles. The average Bonchev–Trinajstić information content (AvgIpc) is 2.98. The summed E-state index contributed by atoms with van der Waals surface area (Å²) >= 11 is 1.71. The first kappa shape index (κ1) is 12.7. The van der Waals surface area contributed by atoms with Crippen molar-refractivity contribution in [1.82, 2.24) is 9.97 Å². The molecule has 0 bridgehead atoms. The number of thiophene rings is 1. The van der Waals surface area contributed by atoms with Crippen LogP contribution in [0.1, 0.15) is 22.4 Å². The lowest BCUT2D eigenvalue weighted by molar-refractivity contribution is 0.627. The molecule has 2 N–H and O–H groups in total. The number of rotatable bonds is 1. The highest BCUT2D eigenvalue weighted by molar-refractivity contribution is 7.19. The van der Waals surface area contributed by atoms with Crippen LogP contribution in [0, 0.1) is 12.7 Å². The number of nitrogens with two attached hydrogens (primary N) is 1. The molecule has 0 unspecified atom stereocenters. The Morgan fingerprint density at radius 2 is 2.10 bits per heavy atom. The molecule has 106 valence electrons. The first-order valence-corrected chi connectivity index (χ1v) is 7.79. The van der Waals surface area contributed by atoms with Gasteiger partial charge in [-0.1, -0.05) is 0 Å². The number of nitrogens with zero attached hydrogens (tertiary/aromatic N) is 2. The Morgan fingerprint density at radius 3 is 2.90 bits per heavy atom. The van der Waals surface area contributed by atoms with Gasteiger partial charge >= 0.3 is 0 Å². The minimum absolute atomic E-state index is 0.250. The second-order valence-corrected chi connectivity index (χ2v) is 6.51. The van der Waals surface area contributed by atoms with Crippen LogP contribution in [-0.2, 0) is 12.8 Å². The van der Waals surface area contributed by atoms with Gasteiger partial charge in [0.2, 0.25) is 0 Å². The molecule has 4 rings (SSSR count). The van der Waals surface area contributed by atoms with Crippen LogP contribution in [0.2, 0.25) is 0 Å². The van der Waals surface area contributed by atoms with Gasteiger partial charge in [-0.2, -0.15) is 0 Å². The topological polar surface area (TPSA) is 51.8 Å². The Balaban J connectivity index is 1.95. The van der Waals surface area contributed by atoms with Gasteiger partial charge in [0.1, 0.15) is 16.5 Å². The van der Waals surface area contributed by atoms with Crippen molar-refractivity contribution in [2.45, 2.75) is 26.2 Å². The van der Waals surface area contributed by atoms with Crippen molar-refractivity contribution in [2.24, 2.45) is 0 Å². The van der Waals surface area contributed by atoms with E-state index in [-0.39, 0.29) is 5.82 Å². The molecule has 0 atom stereocenters. The molecular weight excluding hydrogens is 285 g/mol. The van der Waals surface area contributed by atoms with Crippen molar-refractivity contribution >= 4 is 27.4 Å². The van der Waals surface area contributed by atoms with Crippen LogP contribution in [0.15, 0.2) is 18.2 Å². The van der Waals surface area contributed by atoms with Crippen LogP contribution >= 0.6 is 11.3 Å². The van der Waals surface area contributed by atoms with Gasteiger partial charge in [0.25, 0.3) is 0 Å². The quantitative estimate of drug-likeness (QED) is 0.742.